The summed E-state index contributed by atoms with van der Waals surface area (Å²) < 4.78 is 1.75. The number of aryl methyl sites for hydroxylation is 1. The number of rotatable bonds is 4. The fourth-order valence-electron chi connectivity index (χ4n) is 5.99. The van der Waals surface area contributed by atoms with Crippen molar-refractivity contribution in [3.05, 3.63) is 84.2 Å². The Morgan fingerprint density at radius 1 is 1.06 bits per heavy atom. The second-order valence-electron chi connectivity index (χ2n) is 9.82. The Morgan fingerprint density at radius 3 is 2.54 bits per heavy atom. The number of carbonyl (C=O) groups excluding carboxylic acids is 2. The minimum Gasteiger partial charge on any atom is -0.322 e. The van der Waals surface area contributed by atoms with Crippen LogP contribution in [-0.4, -0.2) is 33.6 Å². The minimum absolute atomic E-state index is 0.0735. The van der Waals surface area contributed by atoms with Crippen LogP contribution >= 0.6 is 0 Å². The molecule has 1 N–H and O–H groups in total. The molecule has 0 bridgehead atoms. The first-order valence-electron chi connectivity index (χ1n) is 12.5. The molecule has 0 spiro atoms. The first kappa shape index (κ1) is 23.1. The summed E-state index contributed by atoms with van der Waals surface area (Å²) in [4.78, 5) is 27.8. The molecule has 1 aromatic heterocycles. The standard InChI is InChI=1S/C29H30N4O2/c1-21-9-8-18-33(21,29(35)31-26-12-4-5-13-27(26)32-16-6-7-17-32)28(34)19-23-15-14-22-10-2-3-11-24(22)25(23)20-30/h2-7,10-13,16-17,21,23,25H,8-9,14-15,18-19H2,1H3/p+1/t21-,23?,25?,33?/m1/s1. The molecular formula is C29H31N4O2+. The lowest BCUT2D eigenvalue weighted by atomic mass is 9.74. The zero-order chi connectivity index (χ0) is 24.4. The number of quaternary nitrogens is 1. The number of fused-ring (bicyclic) bond motifs is 1. The molecule has 2 aliphatic rings. The molecule has 6 heteroatoms. The second kappa shape index (κ2) is 9.52. The Hall–Kier alpha value is -3.69. The van der Waals surface area contributed by atoms with E-state index in [2.05, 4.69) is 17.5 Å². The van der Waals surface area contributed by atoms with E-state index in [0.29, 0.717) is 12.2 Å². The van der Waals surface area contributed by atoms with E-state index in [1.807, 2.05) is 78.5 Å². The van der Waals surface area contributed by atoms with Crippen LogP contribution in [0.5, 0.6) is 0 Å². The third-order valence-corrected chi connectivity index (χ3v) is 7.94. The molecule has 0 radical (unpaired) electrons. The van der Waals surface area contributed by atoms with E-state index in [9.17, 15) is 14.9 Å². The van der Waals surface area contributed by atoms with Crippen LogP contribution < -0.4 is 5.32 Å². The number of imide groups is 1. The van der Waals surface area contributed by atoms with Gasteiger partial charge in [0.15, 0.2) is 0 Å². The van der Waals surface area contributed by atoms with E-state index < -0.39 is 0 Å². The molecular weight excluding hydrogens is 436 g/mol. The minimum atomic E-state index is -0.320. The highest BCUT2D eigenvalue weighted by Gasteiger charge is 2.53. The van der Waals surface area contributed by atoms with Crippen LogP contribution in [0.2, 0.25) is 0 Å². The summed E-state index contributed by atoms with van der Waals surface area (Å²) in [5.41, 5.74) is 3.77. The summed E-state index contributed by atoms with van der Waals surface area (Å²) >= 11 is 0. The number of anilines is 1. The smallest absolute Gasteiger partial charge is 0.322 e. The lowest BCUT2D eigenvalue weighted by Crippen LogP contribution is -2.61. The van der Waals surface area contributed by atoms with E-state index in [0.717, 1.165) is 36.9 Å². The van der Waals surface area contributed by atoms with Crippen LogP contribution in [0.25, 0.3) is 5.69 Å². The lowest BCUT2D eigenvalue weighted by Gasteiger charge is -2.36. The summed E-state index contributed by atoms with van der Waals surface area (Å²) in [6, 6.07) is 21.6. The van der Waals surface area contributed by atoms with Gasteiger partial charge in [-0.3, -0.25) is 5.32 Å². The van der Waals surface area contributed by atoms with Crippen molar-refractivity contribution in [2.24, 2.45) is 5.92 Å². The highest BCUT2D eigenvalue weighted by atomic mass is 16.2. The molecule has 1 saturated heterocycles. The molecule has 6 nitrogen and oxygen atoms in total. The van der Waals surface area contributed by atoms with Gasteiger partial charge in [0.1, 0.15) is 6.04 Å². The number of benzene rings is 2. The summed E-state index contributed by atoms with van der Waals surface area (Å²) in [6.45, 7) is 2.50. The van der Waals surface area contributed by atoms with Crippen molar-refractivity contribution in [3.8, 4) is 11.8 Å². The van der Waals surface area contributed by atoms with E-state index in [1.54, 1.807) is 0 Å². The predicted octanol–water partition coefficient (Wildman–Crippen LogP) is 5.79. The third kappa shape index (κ3) is 4.06. The number of nitriles is 1. The molecule has 178 valence electrons. The third-order valence-electron chi connectivity index (χ3n) is 7.94. The van der Waals surface area contributed by atoms with Gasteiger partial charge in [0.25, 0.3) is 0 Å². The molecule has 4 atom stereocenters. The van der Waals surface area contributed by atoms with Gasteiger partial charge >= 0.3 is 11.9 Å². The molecule has 0 saturated carbocycles. The Bertz CT molecular complexity index is 1280. The zero-order valence-corrected chi connectivity index (χ0v) is 20.1. The molecule has 2 heterocycles. The van der Waals surface area contributed by atoms with E-state index in [1.165, 1.54) is 5.56 Å². The molecule has 35 heavy (non-hydrogen) atoms. The molecule has 1 aliphatic carbocycles. The number of carbonyl (C=O) groups is 2. The summed E-state index contributed by atoms with van der Waals surface area (Å²) in [7, 11) is 0. The van der Waals surface area contributed by atoms with Crippen molar-refractivity contribution in [2.75, 3.05) is 11.9 Å². The highest BCUT2D eigenvalue weighted by molar-refractivity contribution is 5.94. The SMILES string of the molecule is C[C@@H]1CCC[N+]1(C(=O)CC1CCc2ccccc2C1C#N)C(=O)Nc1ccccc1-n1cccc1. The second-order valence-corrected chi connectivity index (χ2v) is 9.82. The number of hydrogen-bond acceptors (Lipinski definition) is 3. The predicted molar refractivity (Wildman–Crippen MR) is 135 cm³/mol. The highest BCUT2D eigenvalue weighted by Crippen LogP contribution is 2.40. The van der Waals surface area contributed by atoms with Crippen LogP contribution in [0.1, 0.15) is 49.7 Å². The van der Waals surface area contributed by atoms with Gasteiger partial charge in [-0.05, 0) is 61.1 Å². The van der Waals surface area contributed by atoms with Crippen molar-refractivity contribution < 1.29 is 14.1 Å². The maximum atomic E-state index is 14.0. The topological polar surface area (TPSA) is 74.9 Å². The average molecular weight is 468 g/mol. The average Bonchev–Trinajstić information content (AvgIpc) is 3.55. The Kier molecular flexibility index (Phi) is 6.27. The van der Waals surface area contributed by atoms with Crippen LogP contribution in [0, 0.1) is 17.2 Å². The number of para-hydroxylation sites is 2. The van der Waals surface area contributed by atoms with Gasteiger partial charge in [-0.2, -0.15) is 9.74 Å². The van der Waals surface area contributed by atoms with Gasteiger partial charge in [0.05, 0.1) is 36.3 Å². The van der Waals surface area contributed by atoms with Crippen LogP contribution in [0.3, 0.4) is 0 Å². The summed E-state index contributed by atoms with van der Waals surface area (Å²) in [6.07, 6.45) is 7.40. The monoisotopic (exact) mass is 467 g/mol. The first-order chi connectivity index (χ1) is 17.0. The Balaban J connectivity index is 1.41. The summed E-state index contributed by atoms with van der Waals surface area (Å²) in [5, 5.41) is 13.1. The number of likely N-dealkylation sites (tertiary alicyclic amines) is 1. The number of nitrogens with one attached hydrogen (secondary N) is 1. The lowest BCUT2D eigenvalue weighted by molar-refractivity contribution is -0.782. The Morgan fingerprint density at radius 2 is 1.80 bits per heavy atom. The van der Waals surface area contributed by atoms with Crippen LogP contribution in [-0.2, 0) is 11.2 Å². The van der Waals surface area contributed by atoms with Gasteiger partial charge in [0.2, 0.25) is 0 Å². The van der Waals surface area contributed by atoms with Crippen molar-refractivity contribution in [2.45, 2.75) is 51.0 Å². The molecule has 1 aliphatic heterocycles. The van der Waals surface area contributed by atoms with Gasteiger partial charge in [-0.25, -0.2) is 9.59 Å². The molecule has 2 aromatic carbocycles. The number of urea groups is 1. The maximum Gasteiger partial charge on any atom is 0.428 e. The largest absolute Gasteiger partial charge is 0.428 e. The van der Waals surface area contributed by atoms with Gasteiger partial charge in [0, 0.05) is 25.2 Å². The number of aromatic nitrogens is 1. The number of nitrogens with zero attached hydrogens (tertiary/aromatic N) is 3. The quantitative estimate of drug-likeness (QED) is 0.493. The molecule has 3 unspecified atom stereocenters. The fourth-order valence-corrected chi connectivity index (χ4v) is 5.99. The number of amides is 3. The van der Waals surface area contributed by atoms with E-state index >= 15 is 0 Å². The van der Waals surface area contributed by atoms with Gasteiger partial charge in [-0.15, -0.1) is 0 Å². The maximum absolute atomic E-state index is 14.0. The van der Waals surface area contributed by atoms with Gasteiger partial charge in [-0.1, -0.05) is 36.4 Å². The molecule has 3 aromatic rings. The van der Waals surface area contributed by atoms with Crippen molar-refractivity contribution in [1.29, 1.82) is 5.26 Å². The summed E-state index contributed by atoms with van der Waals surface area (Å²) in [5.74, 6) is -0.472. The molecule has 1 fully saturated rings. The first-order valence-corrected chi connectivity index (χ1v) is 12.5. The van der Waals surface area contributed by atoms with E-state index in [-0.39, 0.29) is 40.7 Å². The fraction of sp³-hybridized carbons (Fsp3) is 0.345. The van der Waals surface area contributed by atoms with Crippen molar-refractivity contribution in [1.82, 2.24) is 4.57 Å². The molecule has 5 rings (SSSR count). The number of hydrogen-bond donors (Lipinski definition) is 1. The van der Waals surface area contributed by atoms with Crippen LogP contribution in [0.15, 0.2) is 73.1 Å². The zero-order valence-electron chi connectivity index (χ0n) is 20.1. The van der Waals surface area contributed by atoms with Crippen molar-refractivity contribution >= 4 is 17.6 Å². The Labute approximate surface area is 206 Å². The van der Waals surface area contributed by atoms with Crippen molar-refractivity contribution in [3.63, 3.8) is 0 Å². The van der Waals surface area contributed by atoms with E-state index in [4.69, 9.17) is 0 Å². The normalized spacial score (nSPS) is 25.4. The van der Waals surface area contributed by atoms with Crippen LogP contribution in [0.4, 0.5) is 10.5 Å². The molecule has 3 amide bonds. The van der Waals surface area contributed by atoms with Gasteiger partial charge < -0.3 is 4.57 Å².